The molecule has 1 fully saturated rings. The fourth-order valence-electron chi connectivity index (χ4n) is 4.86. The molecule has 3 heterocycles. The molecular weight excluding hydrogens is 418 g/mol. The maximum absolute atomic E-state index is 13.3. The van der Waals surface area contributed by atoms with Gasteiger partial charge in [-0.2, -0.15) is 5.26 Å². The quantitative estimate of drug-likeness (QED) is 0.330. The van der Waals surface area contributed by atoms with Gasteiger partial charge in [0.05, 0.1) is 21.5 Å². The molecule has 2 aromatic carbocycles. The summed E-state index contributed by atoms with van der Waals surface area (Å²) in [5.41, 5.74) is 2.58. The van der Waals surface area contributed by atoms with Gasteiger partial charge in [-0.15, -0.1) is 0 Å². The lowest BCUT2D eigenvalue weighted by molar-refractivity contribution is -0.384. The molecule has 0 saturated carbocycles. The molecule has 4 aromatic rings. The third-order valence-electron chi connectivity index (χ3n) is 6.42. The summed E-state index contributed by atoms with van der Waals surface area (Å²) in [4.78, 5) is 26.4. The number of non-ortho nitro benzene ring substituents is 1. The zero-order valence-electron chi connectivity index (χ0n) is 18.1. The Morgan fingerprint density at radius 3 is 2.42 bits per heavy atom. The molecule has 0 bridgehead atoms. The Morgan fingerprint density at radius 1 is 1.00 bits per heavy atom. The molecule has 0 radical (unpaired) electrons. The van der Waals surface area contributed by atoms with Gasteiger partial charge in [0.25, 0.3) is 11.2 Å². The van der Waals surface area contributed by atoms with Crippen molar-refractivity contribution in [3.05, 3.63) is 80.6 Å². The van der Waals surface area contributed by atoms with Crippen molar-refractivity contribution >= 4 is 27.6 Å². The molecule has 1 aliphatic heterocycles. The van der Waals surface area contributed by atoms with Crippen LogP contribution in [0.3, 0.4) is 0 Å². The van der Waals surface area contributed by atoms with Crippen LogP contribution in [0.2, 0.25) is 0 Å². The van der Waals surface area contributed by atoms with Gasteiger partial charge >= 0.3 is 0 Å². The van der Waals surface area contributed by atoms with Gasteiger partial charge in [-0.3, -0.25) is 19.5 Å². The van der Waals surface area contributed by atoms with Crippen LogP contribution in [0.4, 0.5) is 5.69 Å². The SMILES string of the molecule is N#Cc1cc2c(c3ccccc3n2CCCN2CCCC2)n(-c2ccc([N+](=O)[O-])cc2)c1=O. The maximum Gasteiger partial charge on any atom is 0.273 e. The lowest BCUT2D eigenvalue weighted by atomic mass is 10.2. The van der Waals surface area contributed by atoms with Gasteiger partial charge in [-0.1, -0.05) is 18.2 Å². The fraction of sp³-hybridized carbons (Fsp3) is 0.280. The van der Waals surface area contributed by atoms with Crippen molar-refractivity contribution in [1.29, 1.82) is 5.26 Å². The van der Waals surface area contributed by atoms with Crippen LogP contribution in [-0.4, -0.2) is 38.6 Å². The van der Waals surface area contributed by atoms with E-state index in [1.54, 1.807) is 18.2 Å². The highest BCUT2D eigenvalue weighted by Crippen LogP contribution is 2.31. The molecule has 8 heteroatoms. The molecule has 166 valence electrons. The summed E-state index contributed by atoms with van der Waals surface area (Å²) >= 11 is 0. The van der Waals surface area contributed by atoms with E-state index in [9.17, 15) is 20.2 Å². The molecule has 8 nitrogen and oxygen atoms in total. The Hall–Kier alpha value is -3.96. The summed E-state index contributed by atoms with van der Waals surface area (Å²) in [5.74, 6) is 0. The Labute approximate surface area is 190 Å². The van der Waals surface area contributed by atoms with E-state index in [1.165, 1.54) is 29.5 Å². The third kappa shape index (κ3) is 3.66. The van der Waals surface area contributed by atoms with Gasteiger partial charge < -0.3 is 9.47 Å². The van der Waals surface area contributed by atoms with Crippen LogP contribution in [0.1, 0.15) is 24.8 Å². The van der Waals surface area contributed by atoms with E-state index in [4.69, 9.17) is 0 Å². The number of para-hydroxylation sites is 1. The van der Waals surface area contributed by atoms with Crippen molar-refractivity contribution in [2.24, 2.45) is 0 Å². The second-order valence-electron chi connectivity index (χ2n) is 8.39. The third-order valence-corrected chi connectivity index (χ3v) is 6.42. The molecule has 0 spiro atoms. The monoisotopic (exact) mass is 441 g/mol. The second-order valence-corrected chi connectivity index (χ2v) is 8.39. The van der Waals surface area contributed by atoms with Gasteiger partial charge in [0, 0.05) is 29.8 Å². The Bertz CT molecular complexity index is 1450. The highest BCUT2D eigenvalue weighted by atomic mass is 16.6. The molecule has 0 N–H and O–H groups in total. The molecule has 1 saturated heterocycles. The van der Waals surface area contributed by atoms with Gasteiger partial charge in [-0.25, -0.2) is 0 Å². The molecule has 1 aliphatic rings. The van der Waals surface area contributed by atoms with Crippen molar-refractivity contribution in [2.45, 2.75) is 25.8 Å². The molecule has 0 aliphatic carbocycles. The minimum Gasteiger partial charge on any atom is -0.339 e. The number of aromatic nitrogens is 2. The van der Waals surface area contributed by atoms with Gasteiger partial charge in [0.1, 0.15) is 11.6 Å². The summed E-state index contributed by atoms with van der Waals surface area (Å²) in [6.07, 6.45) is 3.47. The highest BCUT2D eigenvalue weighted by Gasteiger charge is 2.20. The van der Waals surface area contributed by atoms with Crippen LogP contribution in [0.15, 0.2) is 59.4 Å². The number of nitro benzene ring substituents is 1. The van der Waals surface area contributed by atoms with E-state index < -0.39 is 10.5 Å². The molecule has 5 rings (SSSR count). The number of aryl methyl sites for hydroxylation is 1. The van der Waals surface area contributed by atoms with Gasteiger partial charge in [0.2, 0.25) is 0 Å². The van der Waals surface area contributed by atoms with Crippen LogP contribution < -0.4 is 5.56 Å². The molecule has 33 heavy (non-hydrogen) atoms. The number of likely N-dealkylation sites (tertiary alicyclic amines) is 1. The number of pyridine rings is 1. The van der Waals surface area contributed by atoms with Crippen LogP contribution in [0.5, 0.6) is 0 Å². The van der Waals surface area contributed by atoms with Crippen molar-refractivity contribution in [1.82, 2.24) is 14.0 Å². The molecule has 0 unspecified atom stereocenters. The van der Waals surface area contributed by atoms with E-state index in [0.29, 0.717) is 11.2 Å². The van der Waals surface area contributed by atoms with E-state index >= 15 is 0 Å². The van der Waals surface area contributed by atoms with Crippen LogP contribution >= 0.6 is 0 Å². The largest absolute Gasteiger partial charge is 0.339 e. The molecule has 2 aromatic heterocycles. The summed E-state index contributed by atoms with van der Waals surface area (Å²) in [5, 5.41) is 21.7. The number of nitro groups is 1. The minimum absolute atomic E-state index is 0.0458. The van der Waals surface area contributed by atoms with Crippen molar-refractivity contribution in [3.8, 4) is 11.8 Å². The zero-order valence-corrected chi connectivity index (χ0v) is 18.1. The average molecular weight is 441 g/mol. The predicted molar refractivity (Wildman–Crippen MR) is 127 cm³/mol. The van der Waals surface area contributed by atoms with Crippen LogP contribution in [-0.2, 0) is 6.54 Å². The maximum atomic E-state index is 13.3. The fourth-order valence-corrected chi connectivity index (χ4v) is 4.86. The highest BCUT2D eigenvalue weighted by molar-refractivity contribution is 6.07. The second kappa shape index (κ2) is 8.52. The number of hydrogen-bond acceptors (Lipinski definition) is 5. The van der Waals surface area contributed by atoms with E-state index in [2.05, 4.69) is 9.47 Å². The number of benzene rings is 2. The molecular formula is C25H23N5O3. The molecule has 0 atom stereocenters. The zero-order chi connectivity index (χ0) is 22.9. The van der Waals surface area contributed by atoms with Crippen LogP contribution in [0, 0.1) is 21.4 Å². The Morgan fingerprint density at radius 2 is 1.73 bits per heavy atom. The predicted octanol–water partition coefficient (Wildman–Crippen LogP) is 4.21. The van der Waals surface area contributed by atoms with Gasteiger partial charge in [-0.05, 0) is 63.2 Å². The van der Waals surface area contributed by atoms with Crippen molar-refractivity contribution in [3.63, 3.8) is 0 Å². The van der Waals surface area contributed by atoms with Crippen LogP contribution in [0.25, 0.3) is 27.6 Å². The minimum atomic E-state index is -0.472. The topological polar surface area (TPSA) is 97.1 Å². The van der Waals surface area contributed by atoms with Crippen molar-refractivity contribution in [2.75, 3.05) is 19.6 Å². The number of nitrogens with zero attached hydrogens (tertiary/aromatic N) is 5. The van der Waals surface area contributed by atoms with E-state index in [0.717, 1.165) is 49.0 Å². The summed E-state index contributed by atoms with van der Waals surface area (Å²) < 4.78 is 3.69. The standard InChI is InChI=1S/C25H23N5O3/c26-17-18-16-23-24(29(25(18)31)19-8-10-20(11-9-19)30(32)33)21-6-1-2-7-22(21)28(23)15-5-14-27-12-3-4-13-27/h1-2,6-11,16H,3-5,12-15H2. The summed E-state index contributed by atoms with van der Waals surface area (Å²) in [6, 6.07) is 17.5. The number of hydrogen-bond donors (Lipinski definition) is 0. The van der Waals surface area contributed by atoms with Crippen molar-refractivity contribution < 1.29 is 4.92 Å². The van der Waals surface area contributed by atoms with E-state index in [1.807, 2.05) is 30.3 Å². The Kier molecular flexibility index (Phi) is 5.40. The first-order valence-corrected chi connectivity index (χ1v) is 11.1. The summed E-state index contributed by atoms with van der Waals surface area (Å²) in [6.45, 7) is 4.07. The first-order chi connectivity index (χ1) is 16.1. The number of nitriles is 1. The smallest absolute Gasteiger partial charge is 0.273 e. The first kappa shape index (κ1) is 20.9. The van der Waals surface area contributed by atoms with Gasteiger partial charge in [0.15, 0.2) is 0 Å². The number of fused-ring (bicyclic) bond motifs is 3. The normalized spacial score (nSPS) is 14.2. The number of rotatable bonds is 6. The molecule has 0 amide bonds. The lowest BCUT2D eigenvalue weighted by Crippen LogP contribution is -2.22. The Balaban J connectivity index is 1.70. The first-order valence-electron chi connectivity index (χ1n) is 11.1. The lowest BCUT2D eigenvalue weighted by Gasteiger charge is -2.15. The summed E-state index contributed by atoms with van der Waals surface area (Å²) in [7, 11) is 0. The van der Waals surface area contributed by atoms with E-state index in [-0.39, 0.29) is 11.3 Å². The average Bonchev–Trinajstić information content (AvgIpc) is 3.45.